The highest BCUT2D eigenvalue weighted by Gasteiger charge is 2.35. The molecule has 2 amide bonds. The first kappa shape index (κ1) is 22.7. The topological polar surface area (TPSA) is 55.8 Å². The summed E-state index contributed by atoms with van der Waals surface area (Å²) in [5, 5.41) is -0.266. The molecule has 0 radical (unpaired) electrons. The fraction of sp³-hybridized carbons (Fsp3) is 0.185. The Labute approximate surface area is 198 Å². The molecule has 3 aromatic rings. The average Bonchev–Trinajstić information content (AvgIpc) is 3.08. The van der Waals surface area contributed by atoms with Gasteiger partial charge in [0, 0.05) is 0 Å². The fourth-order valence-electron chi connectivity index (χ4n) is 3.40. The molecule has 0 unspecified atom stereocenters. The lowest BCUT2D eigenvalue weighted by atomic mass is 10.1. The van der Waals surface area contributed by atoms with Crippen LogP contribution in [-0.4, -0.2) is 22.7 Å². The van der Waals surface area contributed by atoms with Crippen LogP contribution in [0.3, 0.4) is 0 Å². The molecule has 1 heterocycles. The molecule has 1 saturated heterocycles. The third kappa shape index (κ3) is 5.65. The molecule has 0 saturated carbocycles. The zero-order valence-electron chi connectivity index (χ0n) is 18.6. The van der Waals surface area contributed by atoms with E-state index in [0.717, 1.165) is 28.5 Å². The summed E-state index contributed by atoms with van der Waals surface area (Å²) in [6, 6.07) is 23.2. The van der Waals surface area contributed by atoms with Crippen molar-refractivity contribution >= 4 is 29.0 Å². The number of amides is 2. The van der Waals surface area contributed by atoms with Gasteiger partial charge in [-0.25, -0.2) is 0 Å². The van der Waals surface area contributed by atoms with Crippen LogP contribution in [0.4, 0.5) is 4.79 Å². The molecule has 0 atom stereocenters. The Morgan fingerprint density at radius 1 is 0.879 bits per heavy atom. The Morgan fingerprint density at radius 3 is 2.36 bits per heavy atom. The van der Waals surface area contributed by atoms with Crippen LogP contribution in [0.5, 0.6) is 11.5 Å². The van der Waals surface area contributed by atoms with Crippen LogP contribution in [0.15, 0.2) is 77.7 Å². The third-order valence-corrected chi connectivity index (χ3v) is 6.04. The summed E-state index contributed by atoms with van der Waals surface area (Å²) in [4.78, 5) is 26.9. The average molecular weight is 460 g/mol. The van der Waals surface area contributed by atoms with E-state index in [1.807, 2.05) is 74.5 Å². The Hall–Kier alpha value is -3.51. The number of ether oxygens (including phenoxy) is 2. The number of hydrogen-bond donors (Lipinski definition) is 0. The summed E-state index contributed by atoms with van der Waals surface area (Å²) >= 11 is 0.954. The molecule has 1 aliphatic rings. The standard InChI is InChI=1S/C27H25NO4S/c1-3-31-24-15-22(13-14-23(24)32-18-21-11-9-19(2)10-12-21)16-25-26(29)28(27(30)33-25)17-20-7-5-4-6-8-20/h4-16H,3,17-18H2,1-2H3/b25-16-. The smallest absolute Gasteiger partial charge is 0.293 e. The predicted octanol–water partition coefficient (Wildman–Crippen LogP) is 6.21. The molecule has 0 aromatic heterocycles. The van der Waals surface area contributed by atoms with E-state index in [0.29, 0.717) is 29.6 Å². The third-order valence-electron chi connectivity index (χ3n) is 5.14. The summed E-state index contributed by atoms with van der Waals surface area (Å²) in [5.41, 5.74) is 3.95. The number of aryl methyl sites for hydroxylation is 1. The minimum atomic E-state index is -0.286. The van der Waals surface area contributed by atoms with Gasteiger partial charge in [-0.2, -0.15) is 0 Å². The van der Waals surface area contributed by atoms with E-state index in [1.165, 1.54) is 10.5 Å². The minimum absolute atomic E-state index is 0.263. The minimum Gasteiger partial charge on any atom is -0.490 e. The van der Waals surface area contributed by atoms with Crippen molar-refractivity contribution in [2.75, 3.05) is 6.61 Å². The van der Waals surface area contributed by atoms with Gasteiger partial charge >= 0.3 is 0 Å². The molecule has 33 heavy (non-hydrogen) atoms. The van der Waals surface area contributed by atoms with Gasteiger partial charge in [-0.1, -0.05) is 66.2 Å². The predicted molar refractivity (Wildman–Crippen MR) is 131 cm³/mol. The highest BCUT2D eigenvalue weighted by atomic mass is 32.2. The molecule has 4 rings (SSSR count). The first-order valence-electron chi connectivity index (χ1n) is 10.8. The molecule has 1 aliphatic heterocycles. The van der Waals surface area contributed by atoms with Gasteiger partial charge in [-0.05, 0) is 60.5 Å². The second-order valence-electron chi connectivity index (χ2n) is 7.67. The number of carbonyl (C=O) groups excluding carboxylic acids is 2. The van der Waals surface area contributed by atoms with Gasteiger partial charge in [0.05, 0.1) is 18.1 Å². The summed E-state index contributed by atoms with van der Waals surface area (Å²) < 4.78 is 11.8. The van der Waals surface area contributed by atoms with Crippen molar-refractivity contribution in [3.05, 3.63) is 100.0 Å². The van der Waals surface area contributed by atoms with Gasteiger partial charge < -0.3 is 9.47 Å². The molecule has 5 nitrogen and oxygen atoms in total. The van der Waals surface area contributed by atoms with E-state index >= 15 is 0 Å². The lowest BCUT2D eigenvalue weighted by Gasteiger charge is -2.13. The quantitative estimate of drug-likeness (QED) is 0.375. The molecule has 168 valence electrons. The maximum Gasteiger partial charge on any atom is 0.293 e. The van der Waals surface area contributed by atoms with Gasteiger partial charge in [0.1, 0.15) is 6.61 Å². The Balaban J connectivity index is 1.50. The molecular formula is C27H25NO4S. The largest absolute Gasteiger partial charge is 0.490 e. The van der Waals surface area contributed by atoms with Crippen molar-refractivity contribution in [3.8, 4) is 11.5 Å². The maximum atomic E-state index is 12.8. The number of imide groups is 1. The molecule has 6 heteroatoms. The SMILES string of the molecule is CCOc1cc(/C=C2\SC(=O)N(Cc3ccccc3)C2=O)ccc1OCc1ccc(C)cc1. The first-order chi connectivity index (χ1) is 16.0. The van der Waals surface area contributed by atoms with Crippen molar-refractivity contribution in [2.45, 2.75) is 27.0 Å². The van der Waals surface area contributed by atoms with Gasteiger partial charge in [0.2, 0.25) is 0 Å². The number of nitrogens with zero attached hydrogens (tertiary/aromatic N) is 1. The molecule has 1 fully saturated rings. The molecular weight excluding hydrogens is 434 g/mol. The lowest BCUT2D eigenvalue weighted by molar-refractivity contribution is -0.123. The van der Waals surface area contributed by atoms with Crippen molar-refractivity contribution in [2.24, 2.45) is 0 Å². The molecule has 0 N–H and O–H groups in total. The Kier molecular flexibility index (Phi) is 7.15. The van der Waals surface area contributed by atoms with Gasteiger partial charge in [-0.15, -0.1) is 0 Å². The van der Waals surface area contributed by atoms with Crippen molar-refractivity contribution in [3.63, 3.8) is 0 Å². The Morgan fingerprint density at radius 2 is 1.64 bits per heavy atom. The molecule has 0 bridgehead atoms. The van der Waals surface area contributed by atoms with Crippen LogP contribution < -0.4 is 9.47 Å². The van der Waals surface area contributed by atoms with Crippen molar-refractivity contribution in [1.29, 1.82) is 0 Å². The number of hydrogen-bond acceptors (Lipinski definition) is 5. The van der Waals surface area contributed by atoms with Crippen LogP contribution in [0, 0.1) is 6.92 Å². The van der Waals surface area contributed by atoms with Gasteiger partial charge in [0.25, 0.3) is 11.1 Å². The van der Waals surface area contributed by atoms with Crippen molar-refractivity contribution < 1.29 is 19.1 Å². The number of benzene rings is 3. The highest BCUT2D eigenvalue weighted by Crippen LogP contribution is 2.35. The summed E-state index contributed by atoms with van der Waals surface area (Å²) in [7, 11) is 0. The van der Waals surface area contributed by atoms with E-state index in [2.05, 4.69) is 12.1 Å². The maximum absolute atomic E-state index is 12.8. The summed E-state index contributed by atoms with van der Waals surface area (Å²) in [6.45, 7) is 5.13. The molecule has 0 spiro atoms. The number of rotatable bonds is 8. The summed E-state index contributed by atoms with van der Waals surface area (Å²) in [5.74, 6) is 0.945. The lowest BCUT2D eigenvalue weighted by Crippen LogP contribution is -2.27. The van der Waals surface area contributed by atoms with Crippen LogP contribution in [0.1, 0.15) is 29.2 Å². The number of thioether (sulfide) groups is 1. The fourth-order valence-corrected chi connectivity index (χ4v) is 4.24. The Bertz CT molecular complexity index is 1170. The summed E-state index contributed by atoms with van der Waals surface area (Å²) in [6.07, 6.45) is 1.72. The second-order valence-corrected chi connectivity index (χ2v) is 8.66. The van der Waals surface area contributed by atoms with Gasteiger partial charge in [-0.3, -0.25) is 14.5 Å². The van der Waals surface area contributed by atoms with E-state index in [9.17, 15) is 9.59 Å². The van der Waals surface area contributed by atoms with E-state index in [-0.39, 0.29) is 17.7 Å². The normalized spacial score (nSPS) is 14.7. The molecule has 0 aliphatic carbocycles. The zero-order valence-corrected chi connectivity index (χ0v) is 19.4. The van der Waals surface area contributed by atoms with E-state index in [1.54, 1.807) is 6.08 Å². The van der Waals surface area contributed by atoms with Crippen LogP contribution in [0.25, 0.3) is 6.08 Å². The first-order valence-corrected chi connectivity index (χ1v) is 11.6. The number of carbonyl (C=O) groups is 2. The van der Waals surface area contributed by atoms with Crippen LogP contribution >= 0.6 is 11.8 Å². The highest BCUT2D eigenvalue weighted by molar-refractivity contribution is 8.18. The van der Waals surface area contributed by atoms with Crippen LogP contribution in [0.2, 0.25) is 0 Å². The second kappa shape index (κ2) is 10.4. The molecule has 3 aromatic carbocycles. The van der Waals surface area contributed by atoms with E-state index < -0.39 is 0 Å². The van der Waals surface area contributed by atoms with Crippen molar-refractivity contribution in [1.82, 2.24) is 4.90 Å². The van der Waals surface area contributed by atoms with Crippen LogP contribution in [-0.2, 0) is 17.9 Å². The zero-order chi connectivity index (χ0) is 23.2. The van der Waals surface area contributed by atoms with Gasteiger partial charge in [0.15, 0.2) is 11.5 Å². The monoisotopic (exact) mass is 459 g/mol. The van der Waals surface area contributed by atoms with E-state index in [4.69, 9.17) is 9.47 Å².